The number of carbonyl (C=O) groups is 3. The highest BCUT2D eigenvalue weighted by molar-refractivity contribution is 6.39. The number of rotatable bonds is 5. The van der Waals surface area contributed by atoms with E-state index in [0.29, 0.717) is 0 Å². The zero-order chi connectivity index (χ0) is 22.9. The van der Waals surface area contributed by atoms with Crippen molar-refractivity contribution in [2.75, 3.05) is 12.0 Å². The Morgan fingerprint density at radius 2 is 1.81 bits per heavy atom. The van der Waals surface area contributed by atoms with Gasteiger partial charge in [0.05, 0.1) is 17.7 Å². The molecule has 2 N–H and O–H groups in total. The van der Waals surface area contributed by atoms with Crippen LogP contribution in [0.1, 0.15) is 30.9 Å². The van der Waals surface area contributed by atoms with Crippen LogP contribution in [0.3, 0.4) is 0 Å². The van der Waals surface area contributed by atoms with E-state index in [0.717, 1.165) is 22.6 Å². The molecule has 3 rings (SSSR count). The second kappa shape index (κ2) is 8.27. The summed E-state index contributed by atoms with van der Waals surface area (Å²) in [5, 5.41) is 23.2. The Labute approximate surface area is 176 Å². The van der Waals surface area contributed by atoms with Gasteiger partial charge in [0.15, 0.2) is 5.75 Å². The van der Waals surface area contributed by atoms with E-state index < -0.39 is 39.8 Å². The van der Waals surface area contributed by atoms with Gasteiger partial charge in [0, 0.05) is 6.07 Å². The van der Waals surface area contributed by atoms with E-state index in [-0.39, 0.29) is 22.9 Å². The van der Waals surface area contributed by atoms with Crippen molar-refractivity contribution in [1.29, 1.82) is 0 Å². The summed E-state index contributed by atoms with van der Waals surface area (Å²) in [4.78, 5) is 48.8. The Morgan fingerprint density at radius 1 is 1.16 bits per heavy atom. The molecule has 1 fully saturated rings. The number of ether oxygens (including phenoxy) is 1. The van der Waals surface area contributed by atoms with Gasteiger partial charge >= 0.3 is 11.7 Å². The number of imide groups is 2. The second-order valence-electron chi connectivity index (χ2n) is 7.05. The largest absolute Gasteiger partial charge is 0.500 e. The van der Waals surface area contributed by atoms with Gasteiger partial charge < -0.3 is 9.84 Å². The lowest BCUT2D eigenvalue weighted by Gasteiger charge is -2.26. The van der Waals surface area contributed by atoms with Crippen LogP contribution in [0.2, 0.25) is 0 Å². The van der Waals surface area contributed by atoms with E-state index in [2.05, 4.69) is 5.32 Å². The van der Waals surface area contributed by atoms with Crippen LogP contribution in [0.5, 0.6) is 11.5 Å². The average Bonchev–Trinajstić information content (AvgIpc) is 2.72. The molecule has 10 nitrogen and oxygen atoms in total. The van der Waals surface area contributed by atoms with Gasteiger partial charge in [0.2, 0.25) is 5.75 Å². The Bertz CT molecular complexity index is 1120. The number of nitro benzene ring substituents is 1. The van der Waals surface area contributed by atoms with Crippen molar-refractivity contribution in [1.82, 2.24) is 5.32 Å². The monoisotopic (exact) mass is 425 g/mol. The smallest absolute Gasteiger partial charge is 0.335 e. The average molecular weight is 425 g/mol. The number of nitrogens with zero attached hydrogens (tertiary/aromatic N) is 2. The van der Waals surface area contributed by atoms with Gasteiger partial charge in [-0.2, -0.15) is 0 Å². The van der Waals surface area contributed by atoms with Crippen LogP contribution in [0.15, 0.2) is 42.0 Å². The zero-order valence-electron chi connectivity index (χ0n) is 16.9. The maximum absolute atomic E-state index is 13.0. The van der Waals surface area contributed by atoms with Crippen LogP contribution in [0.4, 0.5) is 16.2 Å². The first-order chi connectivity index (χ1) is 14.6. The summed E-state index contributed by atoms with van der Waals surface area (Å²) in [6.45, 7) is 4.00. The summed E-state index contributed by atoms with van der Waals surface area (Å²) in [6.07, 6.45) is 1.09. The number of hydrogen-bond acceptors (Lipinski definition) is 7. The minimum atomic E-state index is -0.945. The molecule has 4 amide bonds. The van der Waals surface area contributed by atoms with Gasteiger partial charge in [0.1, 0.15) is 5.57 Å². The fraction of sp³-hybridized carbons (Fsp3) is 0.190. The summed E-state index contributed by atoms with van der Waals surface area (Å²) in [6, 6.07) is 8.04. The van der Waals surface area contributed by atoms with E-state index in [4.69, 9.17) is 4.74 Å². The minimum Gasteiger partial charge on any atom is -0.500 e. The van der Waals surface area contributed by atoms with Crippen LogP contribution < -0.4 is 15.0 Å². The molecule has 2 aromatic rings. The van der Waals surface area contributed by atoms with Crippen molar-refractivity contribution in [3.05, 3.63) is 63.2 Å². The first-order valence-corrected chi connectivity index (χ1v) is 9.20. The molecule has 0 saturated carbocycles. The van der Waals surface area contributed by atoms with Gasteiger partial charge in [-0.3, -0.25) is 25.0 Å². The van der Waals surface area contributed by atoms with Crippen molar-refractivity contribution >= 4 is 35.3 Å². The molecular formula is C21H19N3O7. The number of nitro groups is 1. The number of hydrogen-bond donors (Lipinski definition) is 2. The number of phenols is 1. The van der Waals surface area contributed by atoms with Gasteiger partial charge in [-0.25, -0.2) is 9.69 Å². The number of anilines is 1. The van der Waals surface area contributed by atoms with E-state index >= 15 is 0 Å². The maximum atomic E-state index is 13.0. The van der Waals surface area contributed by atoms with Gasteiger partial charge in [-0.15, -0.1) is 0 Å². The van der Waals surface area contributed by atoms with Gasteiger partial charge in [0.25, 0.3) is 11.8 Å². The first kappa shape index (κ1) is 21.5. The summed E-state index contributed by atoms with van der Waals surface area (Å²) < 4.78 is 4.92. The quantitative estimate of drug-likeness (QED) is 0.325. The molecule has 1 aliphatic heterocycles. The summed E-state index contributed by atoms with van der Waals surface area (Å²) in [5.41, 5.74) is 0.259. The van der Waals surface area contributed by atoms with E-state index in [9.17, 15) is 29.6 Å². The molecule has 2 aromatic carbocycles. The van der Waals surface area contributed by atoms with Crippen LogP contribution >= 0.6 is 0 Å². The fourth-order valence-electron chi connectivity index (χ4n) is 3.06. The number of carbonyl (C=O) groups excluding carboxylic acids is 3. The molecule has 1 heterocycles. The molecule has 10 heteroatoms. The van der Waals surface area contributed by atoms with Crippen LogP contribution in [-0.2, 0) is 9.59 Å². The highest BCUT2D eigenvalue weighted by Gasteiger charge is 2.37. The topological polar surface area (TPSA) is 139 Å². The fourth-order valence-corrected chi connectivity index (χ4v) is 3.06. The number of methoxy groups -OCH3 is 1. The summed E-state index contributed by atoms with van der Waals surface area (Å²) >= 11 is 0. The number of barbiturate groups is 1. The lowest BCUT2D eigenvalue weighted by Crippen LogP contribution is -2.54. The highest BCUT2D eigenvalue weighted by Crippen LogP contribution is 2.37. The third kappa shape index (κ3) is 4.08. The standard InChI is InChI=1S/C21H19N3O7/c1-11(2)13-4-6-14(7-5-13)23-20(27)15(19(26)22-21(23)28)8-12-9-16(24(29)30)18(25)17(10-12)31-3/h4-11,25H,1-3H3,(H,22,26,28)/b15-8-. The van der Waals surface area contributed by atoms with Crippen molar-refractivity contribution < 1.29 is 29.2 Å². The Morgan fingerprint density at radius 3 is 2.35 bits per heavy atom. The van der Waals surface area contributed by atoms with Crippen LogP contribution in [0, 0.1) is 10.1 Å². The lowest BCUT2D eigenvalue weighted by atomic mass is 10.0. The van der Waals surface area contributed by atoms with Crippen LogP contribution in [-0.4, -0.2) is 35.0 Å². The molecule has 1 aliphatic rings. The van der Waals surface area contributed by atoms with Gasteiger partial charge in [-0.05, 0) is 41.3 Å². The molecule has 0 bridgehead atoms. The molecule has 31 heavy (non-hydrogen) atoms. The molecular weight excluding hydrogens is 406 g/mol. The molecule has 1 saturated heterocycles. The molecule has 0 radical (unpaired) electrons. The summed E-state index contributed by atoms with van der Waals surface area (Å²) in [5.74, 6) is -2.48. The Hall–Kier alpha value is -4.21. The zero-order valence-corrected chi connectivity index (χ0v) is 16.9. The number of aromatic hydroxyl groups is 1. The molecule has 0 aliphatic carbocycles. The first-order valence-electron chi connectivity index (χ1n) is 9.20. The second-order valence-corrected chi connectivity index (χ2v) is 7.05. The number of phenolic OH excluding ortho intramolecular Hbond substituents is 1. The number of nitrogens with one attached hydrogen (secondary N) is 1. The predicted molar refractivity (Wildman–Crippen MR) is 111 cm³/mol. The number of amides is 4. The van der Waals surface area contributed by atoms with Crippen LogP contribution in [0.25, 0.3) is 6.08 Å². The van der Waals surface area contributed by atoms with Crippen molar-refractivity contribution in [3.63, 3.8) is 0 Å². The third-order valence-electron chi connectivity index (χ3n) is 4.72. The SMILES string of the molecule is COc1cc(/C=C2/C(=O)NC(=O)N(c3ccc(C(C)C)cc3)C2=O)cc([N+](=O)[O-])c1O. The minimum absolute atomic E-state index is 0.0595. The normalized spacial score (nSPS) is 15.4. The Kier molecular flexibility index (Phi) is 5.73. The number of benzene rings is 2. The molecule has 0 unspecified atom stereocenters. The third-order valence-corrected chi connectivity index (χ3v) is 4.72. The lowest BCUT2D eigenvalue weighted by molar-refractivity contribution is -0.386. The van der Waals surface area contributed by atoms with Gasteiger partial charge in [-0.1, -0.05) is 26.0 Å². The van der Waals surface area contributed by atoms with Crippen molar-refractivity contribution in [3.8, 4) is 11.5 Å². The molecule has 0 aromatic heterocycles. The maximum Gasteiger partial charge on any atom is 0.335 e. The highest BCUT2D eigenvalue weighted by atomic mass is 16.6. The van der Waals surface area contributed by atoms with Crippen molar-refractivity contribution in [2.45, 2.75) is 19.8 Å². The van der Waals surface area contributed by atoms with Crippen molar-refractivity contribution in [2.24, 2.45) is 0 Å². The molecule has 0 atom stereocenters. The molecule has 0 spiro atoms. The van der Waals surface area contributed by atoms with E-state index in [1.807, 2.05) is 13.8 Å². The Balaban J connectivity index is 2.05. The number of urea groups is 1. The molecule has 160 valence electrons. The van der Waals surface area contributed by atoms with E-state index in [1.54, 1.807) is 24.3 Å². The van der Waals surface area contributed by atoms with E-state index in [1.165, 1.54) is 13.2 Å². The predicted octanol–water partition coefficient (Wildman–Crippen LogP) is 3.10. The summed E-state index contributed by atoms with van der Waals surface area (Å²) in [7, 11) is 1.20.